The van der Waals surface area contributed by atoms with E-state index in [9.17, 15) is 19.8 Å². The van der Waals surface area contributed by atoms with Crippen LogP contribution < -0.4 is 113 Å². The summed E-state index contributed by atoms with van der Waals surface area (Å²) in [6.45, 7) is -0.614. The molecule has 6 nitrogen and oxygen atoms in total. The van der Waals surface area contributed by atoms with E-state index < -0.39 is 37.0 Å². The number of carbonyl (C=O) groups excluding carboxylic acids is 2. The van der Waals surface area contributed by atoms with Crippen LogP contribution >= 0.6 is 0 Å². The van der Waals surface area contributed by atoms with E-state index in [1.54, 1.807) is 0 Å². The maximum Gasteiger partial charge on any atom is 1.00 e. The normalized spacial score (nSPS) is 12.9. The minimum Gasteiger partial charge on any atom is -0.550 e. The predicted octanol–water partition coefficient (Wildman–Crippen LogP) is -9.76. The van der Waals surface area contributed by atoms with E-state index in [1.807, 2.05) is 0 Å². The maximum atomic E-state index is 10.3. The Labute approximate surface area is 172 Å². The van der Waals surface area contributed by atoms with Gasteiger partial charge in [-0.1, -0.05) is 0 Å². The van der Waals surface area contributed by atoms with Gasteiger partial charge in [0.2, 0.25) is 0 Å². The van der Waals surface area contributed by atoms with Crippen molar-refractivity contribution in [3.05, 3.63) is 0 Å². The van der Waals surface area contributed by atoms with Crippen LogP contribution in [0.4, 0.5) is 0 Å². The first-order chi connectivity index (χ1) is 5.97. The zero-order chi connectivity index (χ0) is 10.4. The molecule has 0 fully saturated rings. The number of aliphatic hydroxyl groups excluding tert-OH is 2. The van der Waals surface area contributed by atoms with Crippen LogP contribution in [-0.4, -0.2) is 34.9 Å². The third-order valence-corrected chi connectivity index (χ3v) is 1.51. The summed E-state index contributed by atoms with van der Waals surface area (Å²) in [5.41, 5.74) is 0. The standard InChI is InChI=1S/C7H12O6.2K/c8-3-5(9)1-4(7(12)13)2-6(10)11;;/h4-5,8-9H,1-3H2,(H,10,11)(H,12,13);;/q;2*+1/p-2. The van der Waals surface area contributed by atoms with Crippen molar-refractivity contribution in [2.45, 2.75) is 18.9 Å². The fourth-order valence-corrected chi connectivity index (χ4v) is 0.867. The molecule has 0 aromatic carbocycles. The first kappa shape index (κ1) is 22.3. The number of carboxylic acid groups (broad SMARTS) is 2. The summed E-state index contributed by atoms with van der Waals surface area (Å²) in [5.74, 6) is -4.43. The average molecular weight is 268 g/mol. The summed E-state index contributed by atoms with van der Waals surface area (Å²) in [6.07, 6.45) is -2.33. The van der Waals surface area contributed by atoms with Crippen LogP contribution in [0, 0.1) is 5.92 Å². The Morgan fingerprint density at radius 1 is 1.20 bits per heavy atom. The van der Waals surface area contributed by atoms with E-state index >= 15 is 0 Å². The molecule has 2 unspecified atom stereocenters. The van der Waals surface area contributed by atoms with Crippen molar-refractivity contribution < 1.29 is 133 Å². The van der Waals surface area contributed by atoms with Gasteiger partial charge < -0.3 is 30.0 Å². The van der Waals surface area contributed by atoms with E-state index in [0.717, 1.165) is 0 Å². The molecule has 0 saturated heterocycles. The van der Waals surface area contributed by atoms with Crippen LogP contribution in [0.5, 0.6) is 0 Å². The van der Waals surface area contributed by atoms with Gasteiger partial charge in [-0.2, -0.15) is 0 Å². The van der Waals surface area contributed by atoms with Gasteiger partial charge in [0.1, 0.15) is 0 Å². The van der Waals surface area contributed by atoms with Crippen LogP contribution in [0.3, 0.4) is 0 Å². The van der Waals surface area contributed by atoms with Crippen molar-refractivity contribution in [3.63, 3.8) is 0 Å². The minimum atomic E-state index is -1.57. The van der Waals surface area contributed by atoms with Crippen molar-refractivity contribution >= 4 is 11.9 Å². The summed E-state index contributed by atoms with van der Waals surface area (Å²) in [4.78, 5) is 20.3. The van der Waals surface area contributed by atoms with Crippen molar-refractivity contribution in [2.24, 2.45) is 5.92 Å². The second kappa shape index (κ2) is 12.6. The van der Waals surface area contributed by atoms with Gasteiger partial charge in [-0.3, -0.25) is 0 Å². The predicted molar refractivity (Wildman–Crippen MR) is 35.8 cm³/mol. The van der Waals surface area contributed by atoms with Gasteiger partial charge in [0.25, 0.3) is 0 Å². The third-order valence-electron chi connectivity index (χ3n) is 1.51. The van der Waals surface area contributed by atoms with Gasteiger partial charge in [-0.05, 0) is 12.8 Å². The maximum absolute atomic E-state index is 10.3. The van der Waals surface area contributed by atoms with Crippen molar-refractivity contribution in [3.8, 4) is 0 Å². The van der Waals surface area contributed by atoms with Gasteiger partial charge in [0, 0.05) is 17.9 Å². The minimum absolute atomic E-state index is 0. The Bertz CT molecular complexity index is 198. The molecule has 0 aliphatic rings. The van der Waals surface area contributed by atoms with Crippen LogP contribution in [-0.2, 0) is 9.59 Å². The number of hydrogen-bond acceptors (Lipinski definition) is 6. The quantitative estimate of drug-likeness (QED) is 0.461. The molecule has 0 aliphatic carbocycles. The molecular weight excluding hydrogens is 258 g/mol. The molecule has 0 amide bonds. The van der Waals surface area contributed by atoms with E-state index in [1.165, 1.54) is 0 Å². The smallest absolute Gasteiger partial charge is 0.550 e. The van der Waals surface area contributed by atoms with Gasteiger partial charge >= 0.3 is 103 Å². The number of rotatable bonds is 6. The second-order valence-electron chi connectivity index (χ2n) is 2.66. The monoisotopic (exact) mass is 268 g/mol. The fraction of sp³-hybridized carbons (Fsp3) is 0.714. The Hall–Kier alpha value is 2.13. The van der Waals surface area contributed by atoms with E-state index in [2.05, 4.69) is 0 Å². The average Bonchev–Trinajstić information content (AvgIpc) is 2.02. The molecule has 0 spiro atoms. The molecular formula is C7H10K2O6. The molecule has 0 aliphatic heterocycles. The molecule has 76 valence electrons. The number of hydrogen-bond donors (Lipinski definition) is 2. The topological polar surface area (TPSA) is 121 Å². The second-order valence-corrected chi connectivity index (χ2v) is 2.66. The van der Waals surface area contributed by atoms with Gasteiger partial charge in [-0.25, -0.2) is 0 Å². The molecule has 2 N–H and O–H groups in total. The van der Waals surface area contributed by atoms with Crippen molar-refractivity contribution in [2.75, 3.05) is 6.61 Å². The fourth-order valence-electron chi connectivity index (χ4n) is 0.867. The molecule has 0 radical (unpaired) electrons. The third kappa shape index (κ3) is 12.4. The number of carbonyl (C=O) groups is 2. The Balaban J connectivity index is -0.000000720. The molecule has 2 atom stereocenters. The Morgan fingerprint density at radius 2 is 1.67 bits per heavy atom. The zero-order valence-electron chi connectivity index (χ0n) is 8.80. The summed E-state index contributed by atoms with van der Waals surface area (Å²) >= 11 is 0. The Kier molecular flexibility index (Phi) is 18.7. The summed E-state index contributed by atoms with van der Waals surface area (Å²) < 4.78 is 0. The van der Waals surface area contributed by atoms with Gasteiger partial charge in [-0.15, -0.1) is 0 Å². The first-order valence-electron chi connectivity index (χ1n) is 3.67. The largest absolute Gasteiger partial charge is 1.00 e. The summed E-state index contributed by atoms with van der Waals surface area (Å²) in [7, 11) is 0. The van der Waals surface area contributed by atoms with Crippen molar-refractivity contribution in [1.82, 2.24) is 0 Å². The number of aliphatic hydroxyl groups is 2. The first-order valence-corrected chi connectivity index (χ1v) is 3.67. The molecule has 0 heterocycles. The van der Waals surface area contributed by atoms with Gasteiger partial charge in [0.05, 0.1) is 12.7 Å². The van der Waals surface area contributed by atoms with Crippen LogP contribution in [0.2, 0.25) is 0 Å². The van der Waals surface area contributed by atoms with E-state index in [4.69, 9.17) is 10.2 Å². The summed E-state index contributed by atoms with van der Waals surface area (Å²) in [6, 6.07) is 0. The number of aliphatic carboxylic acids is 2. The molecule has 8 heteroatoms. The molecule has 0 bridgehead atoms. The molecule has 0 rings (SSSR count). The molecule has 0 aromatic rings. The number of carboxylic acids is 2. The van der Waals surface area contributed by atoms with E-state index in [0.29, 0.717) is 0 Å². The van der Waals surface area contributed by atoms with Crippen molar-refractivity contribution in [1.29, 1.82) is 0 Å². The zero-order valence-corrected chi connectivity index (χ0v) is 15.0. The van der Waals surface area contributed by atoms with Crippen LogP contribution in [0.1, 0.15) is 12.8 Å². The molecule has 15 heavy (non-hydrogen) atoms. The van der Waals surface area contributed by atoms with Gasteiger partial charge in [0.15, 0.2) is 0 Å². The SMILES string of the molecule is O=C([O-])CC(CC(O)CO)C(=O)[O-].[K+].[K+]. The van der Waals surface area contributed by atoms with E-state index in [-0.39, 0.29) is 109 Å². The Morgan fingerprint density at radius 3 is 1.93 bits per heavy atom. The van der Waals surface area contributed by atoms with Crippen LogP contribution in [0.25, 0.3) is 0 Å². The summed E-state index contributed by atoms with van der Waals surface area (Å²) in [5, 5.41) is 37.5. The van der Waals surface area contributed by atoms with Crippen LogP contribution in [0.15, 0.2) is 0 Å². The molecule has 0 saturated carbocycles. The molecule has 0 aromatic heterocycles.